The van der Waals surface area contributed by atoms with Crippen molar-refractivity contribution in [3.63, 3.8) is 0 Å². The van der Waals surface area contributed by atoms with E-state index in [2.05, 4.69) is 0 Å². The summed E-state index contributed by atoms with van der Waals surface area (Å²) >= 11 is 0. The van der Waals surface area contributed by atoms with E-state index < -0.39 is 47.1 Å². The first-order valence-corrected chi connectivity index (χ1v) is 12.1. The van der Waals surface area contributed by atoms with Crippen LogP contribution < -0.4 is 0 Å². The fourth-order valence-corrected chi connectivity index (χ4v) is 8.07. The SMILES string of the molecule is CCCC(=O)O[C@]1(C(=O)CO)[C@@H](C)C[C@H]2[C@@H]3C[C@H](F)C4=CC(=O)C=C[C@]4(C)[C@H]3C(O)C[C@@]21C. The first-order valence-electron chi connectivity index (χ1n) is 12.1. The molecule has 0 aliphatic heterocycles. The zero-order valence-corrected chi connectivity index (χ0v) is 19.8. The van der Waals surface area contributed by atoms with Gasteiger partial charge in [-0.15, -0.1) is 0 Å². The van der Waals surface area contributed by atoms with Gasteiger partial charge < -0.3 is 14.9 Å². The molecule has 6 nitrogen and oxygen atoms in total. The average molecular weight is 463 g/mol. The molecule has 0 spiro atoms. The van der Waals surface area contributed by atoms with Gasteiger partial charge in [0.15, 0.2) is 11.4 Å². The molecule has 0 bridgehead atoms. The van der Waals surface area contributed by atoms with Crippen molar-refractivity contribution in [3.05, 3.63) is 23.8 Å². The van der Waals surface area contributed by atoms with Crippen molar-refractivity contribution in [2.45, 2.75) is 77.7 Å². The molecule has 7 heteroatoms. The van der Waals surface area contributed by atoms with E-state index in [1.807, 2.05) is 27.7 Å². The first kappa shape index (κ1) is 24.3. The highest BCUT2D eigenvalue weighted by Gasteiger charge is 2.73. The van der Waals surface area contributed by atoms with Crippen LogP contribution in [0.25, 0.3) is 0 Å². The number of carbonyl (C=O) groups is 3. The lowest BCUT2D eigenvalue weighted by Crippen LogP contribution is -2.64. The minimum Gasteiger partial charge on any atom is -0.450 e. The van der Waals surface area contributed by atoms with Crippen LogP contribution in [0, 0.1) is 34.5 Å². The summed E-state index contributed by atoms with van der Waals surface area (Å²) in [5, 5.41) is 21.4. The zero-order valence-electron chi connectivity index (χ0n) is 19.8. The van der Waals surface area contributed by atoms with Gasteiger partial charge in [-0.05, 0) is 55.2 Å². The average Bonchev–Trinajstić information content (AvgIpc) is 2.96. The van der Waals surface area contributed by atoms with E-state index in [0.717, 1.165) is 0 Å². The lowest BCUT2D eigenvalue weighted by atomic mass is 9.46. The van der Waals surface area contributed by atoms with Crippen LogP contribution in [-0.2, 0) is 19.1 Å². The maximum atomic E-state index is 15.5. The minimum atomic E-state index is -1.56. The second-order valence-corrected chi connectivity index (χ2v) is 11.0. The number of aliphatic hydroxyl groups excluding tert-OH is 2. The number of rotatable bonds is 5. The Kier molecular flexibility index (Phi) is 5.97. The van der Waals surface area contributed by atoms with Crippen molar-refractivity contribution in [1.82, 2.24) is 0 Å². The Hall–Kier alpha value is -1.86. The van der Waals surface area contributed by atoms with Gasteiger partial charge in [-0.25, -0.2) is 4.39 Å². The van der Waals surface area contributed by atoms with E-state index in [9.17, 15) is 24.6 Å². The quantitative estimate of drug-likeness (QED) is 0.609. The summed E-state index contributed by atoms with van der Waals surface area (Å²) in [5.41, 5.74) is -2.89. The molecule has 4 aliphatic carbocycles. The van der Waals surface area contributed by atoms with Gasteiger partial charge in [-0.1, -0.05) is 33.8 Å². The highest BCUT2D eigenvalue weighted by Crippen LogP contribution is 2.69. The normalized spacial score (nSPS) is 46.2. The van der Waals surface area contributed by atoms with E-state index in [1.54, 1.807) is 6.08 Å². The van der Waals surface area contributed by atoms with Crippen LogP contribution in [0.1, 0.15) is 59.8 Å². The molecule has 0 aromatic heterocycles. The molecule has 9 atom stereocenters. The molecule has 0 saturated heterocycles. The number of Topliss-reactive ketones (excluding diaryl/α,β-unsaturated/α-hetero) is 1. The molecule has 3 fully saturated rings. The highest BCUT2D eigenvalue weighted by molar-refractivity contribution is 6.01. The summed E-state index contributed by atoms with van der Waals surface area (Å²) in [6, 6.07) is 0. The van der Waals surface area contributed by atoms with E-state index in [1.165, 1.54) is 12.2 Å². The zero-order chi connectivity index (χ0) is 24.3. The third-order valence-electron chi connectivity index (χ3n) is 9.30. The summed E-state index contributed by atoms with van der Waals surface area (Å²) in [4.78, 5) is 37.9. The molecule has 0 amide bonds. The number of hydrogen-bond donors (Lipinski definition) is 2. The Bertz CT molecular complexity index is 926. The highest BCUT2D eigenvalue weighted by atomic mass is 19.1. The van der Waals surface area contributed by atoms with Gasteiger partial charge in [0.05, 0.1) is 6.10 Å². The molecule has 0 aromatic rings. The molecule has 33 heavy (non-hydrogen) atoms. The predicted octanol–water partition coefficient (Wildman–Crippen LogP) is 3.10. The third kappa shape index (κ3) is 3.22. The van der Waals surface area contributed by atoms with Crippen molar-refractivity contribution >= 4 is 17.5 Å². The molecule has 0 radical (unpaired) electrons. The Labute approximate surface area is 194 Å². The number of hydrogen-bond acceptors (Lipinski definition) is 6. The topological polar surface area (TPSA) is 101 Å². The largest absolute Gasteiger partial charge is 0.450 e. The van der Waals surface area contributed by atoms with Crippen LogP contribution in [0.4, 0.5) is 4.39 Å². The van der Waals surface area contributed by atoms with Crippen molar-refractivity contribution in [3.8, 4) is 0 Å². The molecule has 0 aromatic carbocycles. The van der Waals surface area contributed by atoms with Crippen molar-refractivity contribution in [2.75, 3.05) is 6.61 Å². The number of fused-ring (bicyclic) bond motifs is 5. The van der Waals surface area contributed by atoms with Gasteiger partial charge in [0, 0.05) is 29.1 Å². The van der Waals surface area contributed by atoms with Crippen LogP contribution in [0.3, 0.4) is 0 Å². The van der Waals surface area contributed by atoms with E-state index in [4.69, 9.17) is 4.74 Å². The summed E-state index contributed by atoms with van der Waals surface area (Å²) in [6.45, 7) is 6.66. The van der Waals surface area contributed by atoms with Crippen LogP contribution in [0.2, 0.25) is 0 Å². The smallest absolute Gasteiger partial charge is 0.306 e. The summed E-state index contributed by atoms with van der Waals surface area (Å²) < 4.78 is 21.5. The van der Waals surface area contributed by atoms with Crippen molar-refractivity contribution in [1.29, 1.82) is 0 Å². The number of esters is 1. The van der Waals surface area contributed by atoms with Crippen molar-refractivity contribution in [2.24, 2.45) is 34.5 Å². The van der Waals surface area contributed by atoms with Crippen molar-refractivity contribution < 1.29 is 33.7 Å². The molecule has 4 aliphatic rings. The number of aliphatic hydroxyl groups is 2. The maximum Gasteiger partial charge on any atom is 0.306 e. The molecule has 2 N–H and O–H groups in total. The molecule has 0 heterocycles. The number of halogens is 1. The lowest BCUT2D eigenvalue weighted by molar-refractivity contribution is -0.206. The Morgan fingerprint density at radius 2 is 1.97 bits per heavy atom. The molecule has 4 rings (SSSR count). The van der Waals surface area contributed by atoms with Gasteiger partial charge in [0.2, 0.25) is 5.78 Å². The number of ketones is 2. The fraction of sp³-hybridized carbons (Fsp3) is 0.731. The predicted molar refractivity (Wildman–Crippen MR) is 119 cm³/mol. The summed E-state index contributed by atoms with van der Waals surface area (Å²) in [7, 11) is 0. The number of alkyl halides is 1. The number of carbonyl (C=O) groups excluding carboxylic acids is 3. The van der Waals surface area contributed by atoms with E-state index in [0.29, 0.717) is 18.4 Å². The monoisotopic (exact) mass is 462 g/mol. The van der Waals surface area contributed by atoms with Gasteiger partial charge in [0.25, 0.3) is 0 Å². The van der Waals surface area contributed by atoms with Gasteiger partial charge >= 0.3 is 5.97 Å². The molecule has 3 saturated carbocycles. The Morgan fingerprint density at radius 3 is 2.61 bits per heavy atom. The standard InChI is InChI=1S/C26H35FO6/c1-5-6-22(32)33-26(21(31)13-28)14(2)9-17-16-11-19(27)18-10-15(29)7-8-24(18,3)23(16)20(30)12-25(17,26)4/h7-8,10,14,16-17,19-20,23,28,30H,5-6,9,11-13H2,1-4H3/t14-,16-,17-,19-,20?,23+,24-,25-,26-/m0/s1. The third-order valence-corrected chi connectivity index (χ3v) is 9.30. The fourth-order valence-electron chi connectivity index (χ4n) is 8.07. The van der Waals surface area contributed by atoms with Crippen LogP contribution in [0.5, 0.6) is 0 Å². The Balaban J connectivity index is 1.81. The van der Waals surface area contributed by atoms with Gasteiger partial charge in [-0.2, -0.15) is 0 Å². The van der Waals surface area contributed by atoms with Gasteiger partial charge in [0.1, 0.15) is 12.8 Å². The summed E-state index contributed by atoms with van der Waals surface area (Å²) in [6.07, 6.45) is 3.89. The number of allylic oxidation sites excluding steroid dienone is 4. The van der Waals surface area contributed by atoms with E-state index in [-0.39, 0.29) is 48.7 Å². The first-order chi connectivity index (χ1) is 15.5. The number of ether oxygens (including phenoxy) is 1. The van der Waals surface area contributed by atoms with Gasteiger partial charge in [-0.3, -0.25) is 14.4 Å². The lowest BCUT2D eigenvalue weighted by Gasteiger charge is -2.60. The Morgan fingerprint density at radius 1 is 1.27 bits per heavy atom. The van der Waals surface area contributed by atoms with Crippen LogP contribution in [-0.4, -0.2) is 52.2 Å². The molecule has 1 unspecified atom stereocenters. The second-order valence-electron chi connectivity index (χ2n) is 11.0. The molecular formula is C26H35FO6. The maximum absolute atomic E-state index is 15.5. The van der Waals surface area contributed by atoms with Crippen LogP contribution >= 0.6 is 0 Å². The van der Waals surface area contributed by atoms with E-state index >= 15 is 4.39 Å². The van der Waals surface area contributed by atoms with Crippen LogP contribution in [0.15, 0.2) is 23.8 Å². The minimum absolute atomic E-state index is 0.142. The molecule has 182 valence electrons. The second kappa shape index (κ2) is 8.12. The summed E-state index contributed by atoms with van der Waals surface area (Å²) in [5.74, 6) is -2.46. The molecular weight excluding hydrogens is 427 g/mol.